The second-order valence-electron chi connectivity index (χ2n) is 6.79. The van der Waals surface area contributed by atoms with Gasteiger partial charge in [0.25, 0.3) is 0 Å². The molecule has 2 saturated carbocycles. The third kappa shape index (κ3) is 3.64. The molecule has 9 heteroatoms. The van der Waals surface area contributed by atoms with Crippen LogP contribution in [0.1, 0.15) is 51.4 Å². The Balaban J connectivity index is 1.55. The van der Waals surface area contributed by atoms with E-state index in [1.165, 1.54) is 0 Å². The Labute approximate surface area is 145 Å². The molecule has 0 bridgehead atoms. The number of rotatable bonds is 4. The molecule has 1 saturated heterocycles. The summed E-state index contributed by atoms with van der Waals surface area (Å²) >= 11 is 0. The minimum atomic E-state index is -1.01. The molecule has 0 spiro atoms. The lowest BCUT2D eigenvalue weighted by Gasteiger charge is -2.20. The molecule has 0 aromatic carbocycles. The minimum absolute atomic E-state index is 0.0438. The van der Waals surface area contributed by atoms with Gasteiger partial charge in [-0.3, -0.25) is 24.6 Å². The summed E-state index contributed by atoms with van der Waals surface area (Å²) in [5.74, 6) is -2.69. The van der Waals surface area contributed by atoms with Crippen LogP contribution in [0.15, 0.2) is 0 Å². The zero-order valence-corrected chi connectivity index (χ0v) is 14.0. The molecule has 3 aliphatic rings. The van der Waals surface area contributed by atoms with Crippen molar-refractivity contribution in [2.75, 3.05) is 6.54 Å². The Bertz CT molecular complexity index is 608. The summed E-state index contributed by atoms with van der Waals surface area (Å²) in [7, 11) is 0. The van der Waals surface area contributed by atoms with E-state index in [0.29, 0.717) is 17.7 Å². The first-order valence-corrected chi connectivity index (χ1v) is 8.76. The first kappa shape index (κ1) is 17.4. The molecule has 0 aromatic heterocycles. The zero-order valence-electron chi connectivity index (χ0n) is 14.0. The van der Waals surface area contributed by atoms with Crippen molar-refractivity contribution in [3.63, 3.8) is 0 Å². The molecule has 0 radical (unpaired) electrons. The maximum atomic E-state index is 12.3. The average Bonchev–Trinajstić information content (AvgIpc) is 3.28. The fraction of sp³-hybridized carbons (Fsp3) is 0.688. The maximum absolute atomic E-state index is 12.3. The molecule has 136 valence electrons. The van der Waals surface area contributed by atoms with Crippen molar-refractivity contribution >= 4 is 29.8 Å². The van der Waals surface area contributed by atoms with Crippen LogP contribution in [0.5, 0.6) is 0 Å². The van der Waals surface area contributed by atoms with Gasteiger partial charge in [-0.05, 0) is 25.7 Å². The molecule has 1 heterocycles. The lowest BCUT2D eigenvalue weighted by molar-refractivity contribution is -0.144. The van der Waals surface area contributed by atoms with Crippen LogP contribution >= 0.6 is 0 Å². The summed E-state index contributed by atoms with van der Waals surface area (Å²) < 4.78 is 0. The van der Waals surface area contributed by atoms with Crippen LogP contribution in [0, 0.1) is 0 Å². The molecule has 1 aliphatic heterocycles. The second kappa shape index (κ2) is 7.20. The molecule has 0 atom stereocenters. The molecular weight excluding hydrogens is 328 g/mol. The molecule has 9 nitrogen and oxygen atoms in total. The van der Waals surface area contributed by atoms with E-state index in [2.05, 4.69) is 10.6 Å². The van der Waals surface area contributed by atoms with E-state index in [9.17, 15) is 24.0 Å². The van der Waals surface area contributed by atoms with Gasteiger partial charge in [0.1, 0.15) is 6.54 Å². The SMILES string of the molecule is O=C(CN1C(=O)C(=O)N(C2CCCC2)C1=O)NC(=O)NC1CCCC1. The van der Waals surface area contributed by atoms with Crippen LogP contribution in [0.25, 0.3) is 0 Å². The zero-order chi connectivity index (χ0) is 18.0. The van der Waals surface area contributed by atoms with Gasteiger partial charge in [0.15, 0.2) is 0 Å². The average molecular weight is 350 g/mol. The summed E-state index contributed by atoms with van der Waals surface area (Å²) in [5.41, 5.74) is 0. The highest BCUT2D eigenvalue weighted by Gasteiger charge is 2.48. The Morgan fingerprint density at radius 3 is 2.16 bits per heavy atom. The summed E-state index contributed by atoms with van der Waals surface area (Å²) in [6, 6.07) is -1.65. The number of hydrogen-bond donors (Lipinski definition) is 2. The number of hydrogen-bond acceptors (Lipinski definition) is 5. The maximum Gasteiger partial charge on any atom is 0.334 e. The van der Waals surface area contributed by atoms with E-state index in [4.69, 9.17) is 0 Å². The number of imide groups is 3. The van der Waals surface area contributed by atoms with Crippen LogP contribution in [-0.4, -0.2) is 58.2 Å². The molecule has 3 rings (SSSR count). The van der Waals surface area contributed by atoms with E-state index in [-0.39, 0.29) is 12.1 Å². The van der Waals surface area contributed by atoms with E-state index < -0.39 is 36.3 Å². The molecule has 7 amide bonds. The standard InChI is InChI=1S/C16H22N4O5/c21-12(18-15(24)17-10-5-1-2-6-10)9-19-13(22)14(23)20(16(19)25)11-7-3-4-8-11/h10-11H,1-9H2,(H2,17,18,21,24). The Kier molecular flexibility index (Phi) is 5.00. The van der Waals surface area contributed by atoms with Gasteiger partial charge in [0, 0.05) is 12.1 Å². The van der Waals surface area contributed by atoms with Crippen molar-refractivity contribution in [2.45, 2.75) is 63.5 Å². The van der Waals surface area contributed by atoms with Crippen molar-refractivity contribution in [1.29, 1.82) is 0 Å². The number of carbonyl (C=O) groups is 5. The number of nitrogens with one attached hydrogen (secondary N) is 2. The normalized spacial score (nSPS) is 22.2. The number of carbonyl (C=O) groups excluding carboxylic acids is 5. The third-order valence-electron chi connectivity index (χ3n) is 5.02. The number of urea groups is 2. The van der Waals surface area contributed by atoms with E-state index in [1.54, 1.807) is 0 Å². The highest BCUT2D eigenvalue weighted by molar-refractivity contribution is 6.45. The molecular formula is C16H22N4O5. The highest BCUT2D eigenvalue weighted by Crippen LogP contribution is 2.27. The van der Waals surface area contributed by atoms with Crippen molar-refractivity contribution < 1.29 is 24.0 Å². The van der Waals surface area contributed by atoms with Gasteiger partial charge in [-0.25, -0.2) is 14.5 Å². The largest absolute Gasteiger partial charge is 0.335 e. The summed E-state index contributed by atoms with van der Waals surface area (Å²) in [6.45, 7) is -0.634. The van der Waals surface area contributed by atoms with Crippen LogP contribution in [-0.2, 0) is 14.4 Å². The van der Waals surface area contributed by atoms with Crippen LogP contribution in [0.3, 0.4) is 0 Å². The monoisotopic (exact) mass is 350 g/mol. The van der Waals surface area contributed by atoms with Gasteiger partial charge in [-0.1, -0.05) is 25.7 Å². The van der Waals surface area contributed by atoms with E-state index in [0.717, 1.165) is 43.4 Å². The fourth-order valence-electron chi connectivity index (χ4n) is 3.75. The minimum Gasteiger partial charge on any atom is -0.335 e. The number of nitrogens with zero attached hydrogens (tertiary/aromatic N) is 2. The Morgan fingerprint density at radius 2 is 1.52 bits per heavy atom. The predicted octanol–water partition coefficient (Wildman–Crippen LogP) is 0.488. The van der Waals surface area contributed by atoms with Gasteiger partial charge in [0.05, 0.1) is 0 Å². The highest BCUT2D eigenvalue weighted by atomic mass is 16.2. The van der Waals surface area contributed by atoms with Crippen molar-refractivity contribution in [3.05, 3.63) is 0 Å². The summed E-state index contributed by atoms with van der Waals surface area (Å²) in [4.78, 5) is 61.7. The molecule has 25 heavy (non-hydrogen) atoms. The summed E-state index contributed by atoms with van der Waals surface area (Å²) in [5, 5.41) is 4.79. The van der Waals surface area contributed by atoms with Crippen LogP contribution in [0.4, 0.5) is 9.59 Å². The Morgan fingerprint density at radius 1 is 0.920 bits per heavy atom. The predicted molar refractivity (Wildman–Crippen MR) is 85.1 cm³/mol. The molecule has 0 unspecified atom stereocenters. The van der Waals surface area contributed by atoms with Crippen molar-refractivity contribution in [3.8, 4) is 0 Å². The first-order chi connectivity index (χ1) is 12.0. The van der Waals surface area contributed by atoms with E-state index >= 15 is 0 Å². The molecule has 3 fully saturated rings. The molecule has 0 aromatic rings. The smallest absolute Gasteiger partial charge is 0.334 e. The van der Waals surface area contributed by atoms with Crippen molar-refractivity contribution in [1.82, 2.24) is 20.4 Å². The van der Waals surface area contributed by atoms with Gasteiger partial charge in [-0.2, -0.15) is 0 Å². The lowest BCUT2D eigenvalue weighted by atomic mass is 10.2. The van der Waals surface area contributed by atoms with Crippen molar-refractivity contribution in [2.24, 2.45) is 0 Å². The second-order valence-corrected chi connectivity index (χ2v) is 6.79. The van der Waals surface area contributed by atoms with Gasteiger partial charge in [-0.15, -0.1) is 0 Å². The van der Waals surface area contributed by atoms with Gasteiger partial charge >= 0.3 is 23.9 Å². The fourth-order valence-corrected chi connectivity index (χ4v) is 3.75. The number of amides is 7. The Hall–Kier alpha value is -2.45. The van der Waals surface area contributed by atoms with Crippen LogP contribution < -0.4 is 10.6 Å². The van der Waals surface area contributed by atoms with Gasteiger partial charge < -0.3 is 5.32 Å². The quantitative estimate of drug-likeness (QED) is 0.565. The molecule has 2 N–H and O–H groups in total. The molecule has 2 aliphatic carbocycles. The topological polar surface area (TPSA) is 116 Å². The van der Waals surface area contributed by atoms with Gasteiger partial charge in [0.2, 0.25) is 5.91 Å². The first-order valence-electron chi connectivity index (χ1n) is 8.76. The van der Waals surface area contributed by atoms with Crippen LogP contribution in [0.2, 0.25) is 0 Å². The van der Waals surface area contributed by atoms with E-state index in [1.807, 2.05) is 0 Å². The third-order valence-corrected chi connectivity index (χ3v) is 5.02. The summed E-state index contributed by atoms with van der Waals surface area (Å²) in [6.07, 6.45) is 6.97. The lowest BCUT2D eigenvalue weighted by Crippen LogP contribution is -2.48.